The van der Waals surface area contributed by atoms with Gasteiger partial charge in [-0.1, -0.05) is 17.3 Å². The van der Waals surface area contributed by atoms with Crippen molar-refractivity contribution >= 4 is 17.1 Å². The minimum absolute atomic E-state index is 0.0133. The Morgan fingerprint density at radius 1 is 1.06 bits per heavy atom. The highest BCUT2D eigenvalue weighted by Crippen LogP contribution is 2.32. The number of hydrogen-bond donors (Lipinski definition) is 1. The molecule has 10 nitrogen and oxygen atoms in total. The average Bonchev–Trinajstić information content (AvgIpc) is 3.32. The van der Waals surface area contributed by atoms with E-state index in [9.17, 15) is 14.0 Å². The number of nitrogens with zero attached hydrogens (tertiary/aromatic N) is 5. The first kappa shape index (κ1) is 22.2. The molecule has 0 saturated carbocycles. The van der Waals surface area contributed by atoms with E-state index < -0.39 is 0 Å². The van der Waals surface area contributed by atoms with Gasteiger partial charge in [-0.25, -0.2) is 14.1 Å². The number of aromatic amines is 1. The van der Waals surface area contributed by atoms with Gasteiger partial charge in [0.05, 0.1) is 6.54 Å². The third-order valence-corrected chi connectivity index (χ3v) is 6.60. The molecule has 0 atom stereocenters. The van der Waals surface area contributed by atoms with Crippen molar-refractivity contribution in [3.63, 3.8) is 0 Å². The van der Waals surface area contributed by atoms with E-state index in [4.69, 9.17) is 9.47 Å². The Labute approximate surface area is 204 Å². The summed E-state index contributed by atoms with van der Waals surface area (Å²) < 4.78 is 25.9. The van der Waals surface area contributed by atoms with Crippen LogP contribution in [0.1, 0.15) is 40.5 Å². The van der Waals surface area contributed by atoms with Crippen molar-refractivity contribution in [2.24, 2.45) is 0 Å². The third kappa shape index (κ3) is 4.16. The van der Waals surface area contributed by atoms with Gasteiger partial charge in [0, 0.05) is 24.6 Å². The molecule has 11 heteroatoms. The zero-order chi connectivity index (χ0) is 24.6. The summed E-state index contributed by atoms with van der Waals surface area (Å²) in [5.74, 6) is 1.39. The third-order valence-electron chi connectivity index (χ3n) is 6.60. The molecule has 2 aliphatic heterocycles. The van der Waals surface area contributed by atoms with Gasteiger partial charge in [0.25, 0.3) is 11.5 Å². The predicted molar refractivity (Wildman–Crippen MR) is 127 cm³/mol. The number of hydrogen-bond acceptors (Lipinski definition) is 7. The van der Waals surface area contributed by atoms with Crippen LogP contribution in [0.15, 0.2) is 47.3 Å². The summed E-state index contributed by atoms with van der Waals surface area (Å²) in [6.45, 7) is 2.34. The van der Waals surface area contributed by atoms with Gasteiger partial charge >= 0.3 is 0 Å². The molecule has 0 bridgehead atoms. The van der Waals surface area contributed by atoms with E-state index in [0.29, 0.717) is 74.2 Å². The monoisotopic (exact) mass is 490 g/mol. The summed E-state index contributed by atoms with van der Waals surface area (Å²) in [5, 5.41) is 8.06. The standard InChI is InChI=1S/C25H23FN6O4/c26-18-4-1-15(2-5-18)14-32-23-21(29-30-32)24(33)28-22(27-23)16-7-9-31(10-8-16)25(34)17-3-6-19-20(13-17)36-12-11-35-19/h1-6,13,16H,7-12,14H2,(H,27,28,33). The fraction of sp³-hybridized carbons (Fsp3) is 0.320. The summed E-state index contributed by atoms with van der Waals surface area (Å²) in [7, 11) is 0. The first-order valence-electron chi connectivity index (χ1n) is 11.8. The van der Waals surface area contributed by atoms with Crippen LogP contribution in [0.3, 0.4) is 0 Å². The van der Waals surface area contributed by atoms with Crippen LogP contribution in [-0.4, -0.2) is 62.1 Å². The van der Waals surface area contributed by atoms with Crippen molar-refractivity contribution < 1.29 is 18.7 Å². The average molecular weight is 490 g/mol. The highest BCUT2D eigenvalue weighted by atomic mass is 19.1. The van der Waals surface area contributed by atoms with Crippen molar-refractivity contribution in [3.05, 3.63) is 75.6 Å². The molecule has 1 amide bonds. The van der Waals surface area contributed by atoms with Gasteiger partial charge in [-0.3, -0.25) is 9.59 Å². The Balaban J connectivity index is 1.18. The van der Waals surface area contributed by atoms with Crippen molar-refractivity contribution in [1.82, 2.24) is 29.9 Å². The number of ether oxygens (including phenoxy) is 2. The molecule has 0 unspecified atom stereocenters. The summed E-state index contributed by atoms with van der Waals surface area (Å²) in [6, 6.07) is 11.3. The molecule has 36 heavy (non-hydrogen) atoms. The number of halogens is 1. The number of carbonyl (C=O) groups excluding carboxylic acids is 1. The topological polar surface area (TPSA) is 115 Å². The van der Waals surface area contributed by atoms with Crippen LogP contribution < -0.4 is 15.0 Å². The Kier molecular flexibility index (Phi) is 5.59. The molecule has 2 aromatic carbocycles. The predicted octanol–water partition coefficient (Wildman–Crippen LogP) is 2.49. The van der Waals surface area contributed by atoms with Gasteiger partial charge in [-0.2, -0.15) is 0 Å². The van der Waals surface area contributed by atoms with Crippen LogP contribution in [0.2, 0.25) is 0 Å². The van der Waals surface area contributed by atoms with E-state index in [1.165, 1.54) is 12.1 Å². The number of aromatic nitrogens is 5. The number of rotatable bonds is 4. The lowest BCUT2D eigenvalue weighted by Crippen LogP contribution is -2.38. The van der Waals surface area contributed by atoms with Crippen molar-refractivity contribution in [1.29, 1.82) is 0 Å². The molecule has 0 aliphatic carbocycles. The zero-order valence-electron chi connectivity index (χ0n) is 19.3. The Morgan fingerprint density at radius 3 is 2.58 bits per heavy atom. The largest absolute Gasteiger partial charge is 0.486 e. The summed E-state index contributed by atoms with van der Waals surface area (Å²) in [6.07, 6.45) is 1.31. The maximum absolute atomic E-state index is 13.2. The summed E-state index contributed by atoms with van der Waals surface area (Å²) in [5.41, 5.74) is 1.56. The number of likely N-dealkylation sites (tertiary alicyclic amines) is 1. The Morgan fingerprint density at radius 2 is 1.81 bits per heavy atom. The van der Waals surface area contributed by atoms with Crippen LogP contribution in [0.5, 0.6) is 11.5 Å². The molecule has 1 N–H and O–H groups in total. The molecule has 0 radical (unpaired) electrons. The first-order chi connectivity index (χ1) is 17.5. The number of carbonyl (C=O) groups is 1. The molecule has 4 aromatic rings. The van der Waals surface area contributed by atoms with Gasteiger partial charge < -0.3 is 19.4 Å². The van der Waals surface area contributed by atoms with E-state index in [2.05, 4.69) is 20.3 Å². The number of amides is 1. The second-order valence-electron chi connectivity index (χ2n) is 8.92. The first-order valence-corrected chi connectivity index (χ1v) is 11.8. The van der Waals surface area contributed by atoms with E-state index in [1.807, 2.05) is 0 Å². The molecule has 4 heterocycles. The summed E-state index contributed by atoms with van der Waals surface area (Å²) >= 11 is 0. The molecule has 0 spiro atoms. The maximum Gasteiger partial charge on any atom is 0.281 e. The van der Waals surface area contributed by atoms with Crippen molar-refractivity contribution in [2.45, 2.75) is 25.3 Å². The van der Waals surface area contributed by atoms with E-state index in [0.717, 1.165) is 5.56 Å². The number of nitrogens with one attached hydrogen (secondary N) is 1. The second-order valence-corrected chi connectivity index (χ2v) is 8.92. The number of fused-ring (bicyclic) bond motifs is 2. The maximum atomic E-state index is 13.2. The van der Waals surface area contributed by atoms with Gasteiger partial charge in [-0.15, -0.1) is 5.10 Å². The van der Waals surface area contributed by atoms with Crippen molar-refractivity contribution in [2.75, 3.05) is 26.3 Å². The fourth-order valence-corrected chi connectivity index (χ4v) is 4.66. The number of benzene rings is 2. The van der Waals surface area contributed by atoms with E-state index in [1.54, 1.807) is 39.9 Å². The van der Waals surface area contributed by atoms with Crippen LogP contribution >= 0.6 is 0 Å². The number of H-pyrrole nitrogens is 1. The zero-order valence-corrected chi connectivity index (χ0v) is 19.3. The molecule has 1 saturated heterocycles. The van der Waals surface area contributed by atoms with Gasteiger partial charge in [0.2, 0.25) is 0 Å². The Bertz CT molecular complexity index is 1490. The quantitative estimate of drug-likeness (QED) is 0.467. The molecular formula is C25H23FN6O4. The molecule has 2 aromatic heterocycles. The molecule has 184 valence electrons. The molecular weight excluding hydrogens is 467 g/mol. The Hall–Kier alpha value is -4.28. The molecule has 1 fully saturated rings. The minimum Gasteiger partial charge on any atom is -0.486 e. The second kappa shape index (κ2) is 9.06. The van der Waals surface area contributed by atoms with Gasteiger partial charge in [-0.05, 0) is 48.7 Å². The normalized spacial score (nSPS) is 15.9. The highest BCUT2D eigenvalue weighted by molar-refractivity contribution is 5.95. The van der Waals surface area contributed by atoms with E-state index in [-0.39, 0.29) is 28.7 Å². The highest BCUT2D eigenvalue weighted by Gasteiger charge is 2.28. The van der Waals surface area contributed by atoms with Crippen LogP contribution in [0.25, 0.3) is 11.2 Å². The van der Waals surface area contributed by atoms with Gasteiger partial charge in [0.1, 0.15) is 24.9 Å². The lowest BCUT2D eigenvalue weighted by Gasteiger charge is -2.31. The summed E-state index contributed by atoms with van der Waals surface area (Å²) in [4.78, 5) is 35.1. The fourth-order valence-electron chi connectivity index (χ4n) is 4.66. The lowest BCUT2D eigenvalue weighted by atomic mass is 9.95. The van der Waals surface area contributed by atoms with Crippen LogP contribution in [0, 0.1) is 5.82 Å². The SMILES string of the molecule is O=C(c1ccc2c(c1)OCCO2)N1CCC(c2nc3c(nnn3Cc3ccc(F)cc3)c(=O)[nH]2)CC1. The number of piperidine rings is 1. The van der Waals surface area contributed by atoms with E-state index >= 15 is 0 Å². The van der Waals surface area contributed by atoms with Crippen LogP contribution in [-0.2, 0) is 6.54 Å². The van der Waals surface area contributed by atoms with Crippen LogP contribution in [0.4, 0.5) is 4.39 Å². The smallest absolute Gasteiger partial charge is 0.281 e. The molecule has 6 rings (SSSR count). The lowest BCUT2D eigenvalue weighted by molar-refractivity contribution is 0.0710. The van der Waals surface area contributed by atoms with Crippen molar-refractivity contribution in [3.8, 4) is 11.5 Å². The minimum atomic E-state index is -0.352. The molecule has 2 aliphatic rings. The van der Waals surface area contributed by atoms with Gasteiger partial charge in [0.15, 0.2) is 22.7 Å².